The maximum absolute atomic E-state index is 13.8. The van der Waals surface area contributed by atoms with E-state index in [-0.39, 0.29) is 23.8 Å². The summed E-state index contributed by atoms with van der Waals surface area (Å²) in [5.74, 6) is -3.42. The fourth-order valence-corrected chi connectivity index (χ4v) is 5.15. The number of sulfone groups is 1. The van der Waals surface area contributed by atoms with Crippen LogP contribution >= 0.6 is 0 Å². The van der Waals surface area contributed by atoms with Crippen molar-refractivity contribution < 1.29 is 31.9 Å². The molecule has 42 heavy (non-hydrogen) atoms. The summed E-state index contributed by atoms with van der Waals surface area (Å²) in [6.45, 7) is 1.69. The van der Waals surface area contributed by atoms with Crippen molar-refractivity contribution in [2.75, 3.05) is 17.3 Å². The Morgan fingerprint density at radius 2 is 1.67 bits per heavy atom. The highest BCUT2D eigenvalue weighted by atomic mass is 32.2. The monoisotopic (exact) mass is 596 g/mol. The molecule has 220 valence electrons. The fraction of sp³-hybridized carbons (Fsp3) is 0.233. The van der Waals surface area contributed by atoms with Gasteiger partial charge >= 0.3 is 5.97 Å². The Morgan fingerprint density at radius 3 is 2.24 bits per heavy atom. The van der Waals surface area contributed by atoms with E-state index in [4.69, 9.17) is 0 Å². The summed E-state index contributed by atoms with van der Waals surface area (Å²) < 4.78 is 52.7. The number of nitrogens with zero attached hydrogens (tertiary/aromatic N) is 2. The van der Waals surface area contributed by atoms with Crippen molar-refractivity contribution in [2.45, 2.75) is 31.5 Å². The van der Waals surface area contributed by atoms with Crippen molar-refractivity contribution in [3.05, 3.63) is 108 Å². The maximum Gasteiger partial charge on any atom is 0.329 e. The summed E-state index contributed by atoms with van der Waals surface area (Å²) in [4.78, 5) is 29.6. The number of halogens is 2. The smallest absolute Gasteiger partial charge is 0.329 e. The quantitative estimate of drug-likeness (QED) is 0.216. The van der Waals surface area contributed by atoms with Gasteiger partial charge in [-0.3, -0.25) is 4.79 Å². The summed E-state index contributed by atoms with van der Waals surface area (Å²) in [5.41, 5.74) is 0.485. The van der Waals surface area contributed by atoms with Gasteiger partial charge in [-0.2, -0.15) is 0 Å². The second-order valence-electron chi connectivity index (χ2n) is 10.2. The number of carbonyl (C=O) groups is 2. The van der Waals surface area contributed by atoms with E-state index in [0.29, 0.717) is 23.4 Å². The van der Waals surface area contributed by atoms with Gasteiger partial charge in [0.1, 0.15) is 27.0 Å². The lowest BCUT2D eigenvalue weighted by Crippen LogP contribution is -2.53. The van der Waals surface area contributed by atoms with Gasteiger partial charge in [0, 0.05) is 36.4 Å². The van der Waals surface area contributed by atoms with Gasteiger partial charge in [0.05, 0.1) is 18.1 Å². The normalized spacial score (nSPS) is 13.6. The zero-order valence-corrected chi connectivity index (χ0v) is 23.7. The molecule has 0 aliphatic rings. The molecule has 0 bridgehead atoms. The third-order valence-corrected chi connectivity index (χ3v) is 7.77. The average Bonchev–Trinajstić information content (AvgIpc) is 3.45. The fourth-order valence-electron chi connectivity index (χ4n) is 4.37. The number of aliphatic carboxylic acids is 1. The van der Waals surface area contributed by atoms with Gasteiger partial charge in [0.2, 0.25) is 0 Å². The van der Waals surface area contributed by atoms with Crippen molar-refractivity contribution in [3.63, 3.8) is 0 Å². The second kappa shape index (κ2) is 12.5. The third-order valence-electron chi connectivity index (χ3n) is 6.82. The standard InChI is InChI=1S/C30H30F2N4O5S/c1-30(29(38)39,13-16-42(2,40)41)35-28(37)25-12-11-24(17-26(25)20-3-7-22(31)8-4-20)34-27(18-36-15-14-33-19-36)21-5-9-23(32)10-6-21/h3-12,14-15,17,19,27,34H,13,16,18H2,1-2H3,(H,35,37)(H,38,39)/t27?,30-/m0/s1. The maximum atomic E-state index is 13.8. The number of aromatic nitrogens is 2. The molecule has 1 heterocycles. The predicted molar refractivity (Wildman–Crippen MR) is 155 cm³/mol. The number of carboxylic acids is 1. The minimum absolute atomic E-state index is 0.104. The number of nitrogens with one attached hydrogen (secondary N) is 2. The van der Waals surface area contributed by atoms with Gasteiger partial charge in [-0.15, -0.1) is 0 Å². The molecule has 0 saturated heterocycles. The number of carbonyl (C=O) groups excluding carboxylic acids is 1. The Bertz CT molecular complexity index is 1660. The minimum atomic E-state index is -3.49. The van der Waals surface area contributed by atoms with Crippen LogP contribution in [0, 0.1) is 11.6 Å². The van der Waals surface area contributed by atoms with Crippen molar-refractivity contribution in [1.82, 2.24) is 14.9 Å². The molecule has 3 aromatic carbocycles. The molecular weight excluding hydrogens is 566 g/mol. The van der Waals surface area contributed by atoms with Gasteiger partial charge < -0.3 is 20.3 Å². The van der Waals surface area contributed by atoms with Crippen molar-refractivity contribution in [1.29, 1.82) is 0 Å². The second-order valence-corrected chi connectivity index (χ2v) is 12.5. The van der Waals surface area contributed by atoms with Crippen LogP contribution in [0.3, 0.4) is 0 Å². The van der Waals surface area contributed by atoms with Crippen molar-refractivity contribution >= 4 is 27.4 Å². The molecule has 4 aromatic rings. The Morgan fingerprint density at radius 1 is 1.02 bits per heavy atom. The van der Waals surface area contributed by atoms with Crippen LogP contribution in [0.5, 0.6) is 0 Å². The van der Waals surface area contributed by atoms with E-state index in [1.165, 1.54) is 49.4 Å². The van der Waals surface area contributed by atoms with E-state index >= 15 is 0 Å². The Labute approximate surface area is 242 Å². The number of imidazole rings is 1. The number of carboxylic acid groups (broad SMARTS) is 1. The molecule has 1 aromatic heterocycles. The molecular formula is C30H30F2N4O5S. The number of hydrogen-bond donors (Lipinski definition) is 3. The molecule has 12 heteroatoms. The van der Waals surface area contributed by atoms with E-state index in [2.05, 4.69) is 15.6 Å². The van der Waals surface area contributed by atoms with Gasteiger partial charge in [0.25, 0.3) is 5.91 Å². The Balaban J connectivity index is 1.71. The van der Waals surface area contributed by atoms with E-state index in [9.17, 15) is 31.9 Å². The van der Waals surface area contributed by atoms with E-state index in [0.717, 1.165) is 11.8 Å². The van der Waals surface area contributed by atoms with Crippen LogP contribution in [-0.2, 0) is 21.2 Å². The van der Waals surface area contributed by atoms with Crippen LogP contribution in [-0.4, -0.2) is 52.5 Å². The summed E-state index contributed by atoms with van der Waals surface area (Å²) in [6, 6.07) is 16.0. The summed E-state index contributed by atoms with van der Waals surface area (Å²) in [6.07, 6.45) is 5.73. The zero-order valence-electron chi connectivity index (χ0n) is 22.9. The van der Waals surface area contributed by atoms with Crippen LogP contribution < -0.4 is 10.6 Å². The molecule has 0 fully saturated rings. The highest BCUT2D eigenvalue weighted by Crippen LogP contribution is 2.31. The SMILES string of the molecule is C[C@@](CCS(C)(=O)=O)(NC(=O)c1ccc(NC(Cn2ccnc2)c2ccc(F)cc2)cc1-c1ccc(F)cc1)C(=O)O. The van der Waals surface area contributed by atoms with Crippen LogP contribution in [0.25, 0.3) is 11.1 Å². The lowest BCUT2D eigenvalue weighted by molar-refractivity contribution is -0.143. The lowest BCUT2D eigenvalue weighted by atomic mass is 9.95. The molecule has 4 rings (SSSR count). The number of amides is 1. The molecule has 0 aliphatic heterocycles. The van der Waals surface area contributed by atoms with Crippen LogP contribution in [0.1, 0.15) is 35.3 Å². The molecule has 0 aliphatic carbocycles. The molecule has 1 unspecified atom stereocenters. The van der Waals surface area contributed by atoms with E-state index < -0.39 is 38.8 Å². The van der Waals surface area contributed by atoms with Gasteiger partial charge in [-0.25, -0.2) is 27.0 Å². The first kappa shape index (κ1) is 30.4. The number of anilines is 1. The van der Waals surface area contributed by atoms with E-state index in [1.54, 1.807) is 43.0 Å². The Kier molecular flexibility index (Phi) is 9.05. The molecule has 9 nitrogen and oxygen atoms in total. The first-order chi connectivity index (χ1) is 19.8. The van der Waals surface area contributed by atoms with Gasteiger partial charge in [-0.05, 0) is 72.5 Å². The first-order valence-electron chi connectivity index (χ1n) is 12.9. The molecule has 0 spiro atoms. The highest BCUT2D eigenvalue weighted by Gasteiger charge is 2.36. The number of rotatable bonds is 12. The number of benzene rings is 3. The topological polar surface area (TPSA) is 130 Å². The van der Waals surface area contributed by atoms with Crippen molar-refractivity contribution in [2.24, 2.45) is 0 Å². The van der Waals surface area contributed by atoms with Crippen LogP contribution in [0.4, 0.5) is 14.5 Å². The summed E-state index contributed by atoms with van der Waals surface area (Å²) >= 11 is 0. The van der Waals surface area contributed by atoms with Crippen LogP contribution in [0.15, 0.2) is 85.5 Å². The predicted octanol–water partition coefficient (Wildman–Crippen LogP) is 4.69. The molecule has 0 radical (unpaired) electrons. The van der Waals surface area contributed by atoms with E-state index in [1.807, 2.05) is 4.57 Å². The van der Waals surface area contributed by atoms with Gasteiger partial charge in [0.15, 0.2) is 0 Å². The number of hydrogen-bond acceptors (Lipinski definition) is 6. The largest absolute Gasteiger partial charge is 0.480 e. The molecule has 1 amide bonds. The molecule has 2 atom stereocenters. The highest BCUT2D eigenvalue weighted by molar-refractivity contribution is 7.90. The van der Waals surface area contributed by atoms with Crippen molar-refractivity contribution in [3.8, 4) is 11.1 Å². The zero-order chi connectivity index (χ0) is 30.5. The minimum Gasteiger partial charge on any atom is -0.480 e. The summed E-state index contributed by atoms with van der Waals surface area (Å²) in [7, 11) is -3.49. The molecule has 0 saturated carbocycles. The molecule has 3 N–H and O–H groups in total. The average molecular weight is 597 g/mol. The summed E-state index contributed by atoms with van der Waals surface area (Å²) in [5, 5.41) is 15.7. The first-order valence-corrected chi connectivity index (χ1v) is 15.0. The third kappa shape index (κ3) is 7.78. The lowest BCUT2D eigenvalue weighted by Gasteiger charge is -2.27. The van der Waals surface area contributed by atoms with Crippen LogP contribution in [0.2, 0.25) is 0 Å². The van der Waals surface area contributed by atoms with Gasteiger partial charge in [-0.1, -0.05) is 24.3 Å². The Hall–Kier alpha value is -4.58.